The summed E-state index contributed by atoms with van der Waals surface area (Å²) in [5.74, 6) is 1.14. The van der Waals surface area contributed by atoms with E-state index in [9.17, 15) is 4.79 Å². The maximum Gasteiger partial charge on any atom is 0.256 e. The highest BCUT2D eigenvalue weighted by Gasteiger charge is 2.36. The van der Waals surface area contributed by atoms with E-state index in [1.54, 1.807) is 6.92 Å². The van der Waals surface area contributed by atoms with Gasteiger partial charge in [-0.2, -0.15) is 0 Å². The van der Waals surface area contributed by atoms with Crippen LogP contribution in [0.15, 0.2) is 10.7 Å². The molecular weight excluding hydrogens is 296 g/mol. The van der Waals surface area contributed by atoms with E-state index in [4.69, 9.17) is 4.52 Å². The minimum Gasteiger partial charge on any atom is -0.361 e. The van der Waals surface area contributed by atoms with E-state index in [0.29, 0.717) is 17.2 Å². The summed E-state index contributed by atoms with van der Waals surface area (Å²) < 4.78 is 4.94. The molecule has 18 heavy (non-hydrogen) atoms. The topological polar surface area (TPSA) is 55.1 Å². The SMILES string of the molecule is Cc1oncc1C(=O)NC1(CBr)CCCC(C)C1. The van der Waals surface area contributed by atoms with Gasteiger partial charge in [-0.25, -0.2) is 0 Å². The third-order valence-corrected chi connectivity index (χ3v) is 4.79. The van der Waals surface area contributed by atoms with Crippen LogP contribution in [0.2, 0.25) is 0 Å². The Morgan fingerprint density at radius 3 is 3.06 bits per heavy atom. The normalized spacial score (nSPS) is 28.1. The van der Waals surface area contributed by atoms with Gasteiger partial charge in [-0.1, -0.05) is 40.9 Å². The zero-order valence-electron chi connectivity index (χ0n) is 10.8. The number of rotatable bonds is 3. The van der Waals surface area contributed by atoms with Crippen molar-refractivity contribution in [2.75, 3.05) is 5.33 Å². The van der Waals surface area contributed by atoms with Crippen molar-refractivity contribution in [1.29, 1.82) is 0 Å². The van der Waals surface area contributed by atoms with Gasteiger partial charge in [0.15, 0.2) is 0 Å². The van der Waals surface area contributed by atoms with Gasteiger partial charge in [0, 0.05) is 5.33 Å². The minimum absolute atomic E-state index is 0.0812. The van der Waals surface area contributed by atoms with E-state index in [2.05, 4.69) is 33.3 Å². The molecule has 1 fully saturated rings. The summed E-state index contributed by atoms with van der Waals surface area (Å²) in [5, 5.41) is 7.61. The lowest BCUT2D eigenvalue weighted by Gasteiger charge is -2.39. The highest BCUT2D eigenvalue weighted by Crippen LogP contribution is 2.33. The quantitative estimate of drug-likeness (QED) is 0.872. The Morgan fingerprint density at radius 1 is 1.72 bits per heavy atom. The van der Waals surface area contributed by atoms with Crippen LogP contribution in [0.3, 0.4) is 0 Å². The fraction of sp³-hybridized carbons (Fsp3) is 0.692. The van der Waals surface area contributed by atoms with Gasteiger partial charge in [0.25, 0.3) is 5.91 Å². The van der Waals surface area contributed by atoms with Crippen LogP contribution in [0.4, 0.5) is 0 Å². The first-order chi connectivity index (χ1) is 8.56. The monoisotopic (exact) mass is 314 g/mol. The Labute approximate surface area is 116 Å². The molecule has 0 aromatic carbocycles. The second kappa shape index (κ2) is 5.43. The van der Waals surface area contributed by atoms with Gasteiger partial charge in [-0.15, -0.1) is 0 Å². The fourth-order valence-corrected chi connectivity index (χ4v) is 3.40. The zero-order valence-corrected chi connectivity index (χ0v) is 12.4. The second-order valence-electron chi connectivity index (χ2n) is 5.37. The Morgan fingerprint density at radius 2 is 2.50 bits per heavy atom. The first-order valence-electron chi connectivity index (χ1n) is 6.36. The average Bonchev–Trinajstić information content (AvgIpc) is 2.75. The van der Waals surface area contributed by atoms with Crippen LogP contribution < -0.4 is 5.32 Å². The van der Waals surface area contributed by atoms with E-state index in [1.807, 2.05) is 0 Å². The first-order valence-corrected chi connectivity index (χ1v) is 7.48. The predicted octanol–water partition coefficient (Wildman–Crippen LogP) is 3.06. The lowest BCUT2D eigenvalue weighted by Crippen LogP contribution is -2.52. The number of amides is 1. The molecule has 5 heteroatoms. The highest BCUT2D eigenvalue weighted by atomic mass is 79.9. The highest BCUT2D eigenvalue weighted by molar-refractivity contribution is 9.09. The minimum atomic E-state index is -0.127. The van der Waals surface area contributed by atoms with Crippen molar-refractivity contribution in [3.05, 3.63) is 17.5 Å². The number of nitrogens with zero attached hydrogens (tertiary/aromatic N) is 1. The largest absolute Gasteiger partial charge is 0.361 e. The summed E-state index contributed by atoms with van der Waals surface area (Å²) in [6, 6.07) is 0. The van der Waals surface area contributed by atoms with Crippen LogP contribution in [0.1, 0.15) is 48.7 Å². The molecule has 1 saturated carbocycles. The molecule has 1 aromatic rings. The molecule has 0 radical (unpaired) electrons. The van der Waals surface area contributed by atoms with E-state index < -0.39 is 0 Å². The number of hydrogen-bond donors (Lipinski definition) is 1. The molecule has 4 nitrogen and oxygen atoms in total. The summed E-state index contributed by atoms with van der Waals surface area (Å²) in [7, 11) is 0. The maximum atomic E-state index is 12.2. The van der Waals surface area contributed by atoms with E-state index in [1.165, 1.54) is 12.6 Å². The van der Waals surface area contributed by atoms with Crippen LogP contribution in [-0.4, -0.2) is 21.9 Å². The van der Waals surface area contributed by atoms with Gasteiger partial charge < -0.3 is 9.84 Å². The number of aromatic nitrogens is 1. The summed E-state index contributed by atoms with van der Waals surface area (Å²) in [6.07, 6.45) is 5.94. The molecule has 0 bridgehead atoms. The number of halogens is 1. The predicted molar refractivity (Wildman–Crippen MR) is 72.9 cm³/mol. The van der Waals surface area contributed by atoms with Crippen molar-refractivity contribution in [2.24, 2.45) is 5.92 Å². The average molecular weight is 315 g/mol. The van der Waals surface area contributed by atoms with E-state index in [0.717, 1.165) is 24.6 Å². The third-order valence-electron chi connectivity index (χ3n) is 3.72. The van der Waals surface area contributed by atoms with E-state index in [-0.39, 0.29) is 11.4 Å². The van der Waals surface area contributed by atoms with Crippen molar-refractivity contribution < 1.29 is 9.32 Å². The standard InChI is InChI=1S/C13H19BrN2O2/c1-9-4-3-5-13(6-9,8-14)16-12(17)11-7-15-18-10(11)2/h7,9H,3-6,8H2,1-2H3,(H,16,17). The van der Waals surface area contributed by atoms with Gasteiger partial charge >= 0.3 is 0 Å². The number of aryl methyl sites for hydroxylation is 1. The molecule has 1 heterocycles. The molecule has 2 atom stereocenters. The molecule has 1 N–H and O–H groups in total. The van der Waals surface area contributed by atoms with Gasteiger partial charge in [-0.05, 0) is 25.7 Å². The lowest BCUT2D eigenvalue weighted by atomic mass is 9.77. The molecule has 1 aliphatic carbocycles. The third kappa shape index (κ3) is 2.76. The number of carbonyl (C=O) groups excluding carboxylic acids is 1. The Kier molecular flexibility index (Phi) is 4.10. The molecular formula is C13H19BrN2O2. The van der Waals surface area contributed by atoms with Crippen LogP contribution in [-0.2, 0) is 0 Å². The zero-order chi connectivity index (χ0) is 13.2. The van der Waals surface area contributed by atoms with Crippen LogP contribution in [0, 0.1) is 12.8 Å². The lowest BCUT2D eigenvalue weighted by molar-refractivity contribution is 0.0868. The van der Waals surface area contributed by atoms with Crippen LogP contribution in [0.5, 0.6) is 0 Å². The van der Waals surface area contributed by atoms with Crippen LogP contribution in [0.25, 0.3) is 0 Å². The molecule has 1 aromatic heterocycles. The Bertz CT molecular complexity index is 432. The molecule has 2 unspecified atom stereocenters. The Hall–Kier alpha value is -0.840. The molecule has 1 aliphatic rings. The summed E-state index contributed by atoms with van der Waals surface area (Å²) in [5.41, 5.74) is 0.409. The first kappa shape index (κ1) is 13.6. The van der Waals surface area contributed by atoms with Gasteiger partial charge in [-0.3, -0.25) is 4.79 Å². The molecule has 2 rings (SSSR count). The van der Waals surface area contributed by atoms with Crippen molar-refractivity contribution in [2.45, 2.75) is 45.1 Å². The summed E-state index contributed by atoms with van der Waals surface area (Å²) in [6.45, 7) is 4.00. The molecule has 0 aliphatic heterocycles. The van der Waals surface area contributed by atoms with E-state index >= 15 is 0 Å². The smallest absolute Gasteiger partial charge is 0.256 e. The van der Waals surface area contributed by atoms with Gasteiger partial charge in [0.2, 0.25) is 0 Å². The van der Waals surface area contributed by atoms with Crippen LogP contribution >= 0.6 is 15.9 Å². The number of carbonyl (C=O) groups is 1. The van der Waals surface area contributed by atoms with Crippen molar-refractivity contribution in [3.8, 4) is 0 Å². The molecule has 1 amide bonds. The summed E-state index contributed by atoms with van der Waals surface area (Å²) in [4.78, 5) is 12.2. The van der Waals surface area contributed by atoms with Crippen molar-refractivity contribution in [3.63, 3.8) is 0 Å². The van der Waals surface area contributed by atoms with Gasteiger partial charge in [0.05, 0.1) is 11.7 Å². The number of hydrogen-bond acceptors (Lipinski definition) is 3. The molecule has 0 spiro atoms. The molecule has 0 saturated heterocycles. The van der Waals surface area contributed by atoms with Gasteiger partial charge in [0.1, 0.15) is 11.3 Å². The Balaban J connectivity index is 2.11. The maximum absolute atomic E-state index is 12.2. The number of nitrogens with one attached hydrogen (secondary N) is 1. The number of alkyl halides is 1. The molecule has 100 valence electrons. The van der Waals surface area contributed by atoms with Crippen molar-refractivity contribution in [1.82, 2.24) is 10.5 Å². The second-order valence-corrected chi connectivity index (χ2v) is 5.93. The summed E-state index contributed by atoms with van der Waals surface area (Å²) >= 11 is 3.55. The van der Waals surface area contributed by atoms with Crippen molar-refractivity contribution >= 4 is 21.8 Å². The fourth-order valence-electron chi connectivity index (χ4n) is 2.75.